The maximum absolute atomic E-state index is 13.2. The number of hydrogen-bond donors (Lipinski definition) is 0. The fourth-order valence-corrected chi connectivity index (χ4v) is 1.64. The highest BCUT2D eigenvalue weighted by Gasteiger charge is 2.10. The Hall–Kier alpha value is -1.74. The van der Waals surface area contributed by atoms with Crippen LogP contribution in [0.5, 0.6) is 0 Å². The monoisotopic (exact) mass is 252 g/mol. The van der Waals surface area contributed by atoms with Crippen molar-refractivity contribution in [2.45, 2.75) is 0 Å². The fraction of sp³-hybridized carbons (Fsp3) is 0. The third-order valence-electron chi connectivity index (χ3n) is 2.36. The van der Waals surface area contributed by atoms with Gasteiger partial charge in [-0.1, -0.05) is 18.2 Å². The molecule has 0 aliphatic carbocycles. The van der Waals surface area contributed by atoms with E-state index >= 15 is 0 Å². The van der Waals surface area contributed by atoms with Crippen LogP contribution in [0.3, 0.4) is 0 Å². The second-order valence-corrected chi connectivity index (χ2v) is 3.82. The Bertz CT molecular complexity index is 564. The zero-order chi connectivity index (χ0) is 12.4. The lowest BCUT2D eigenvalue weighted by Crippen LogP contribution is -1.94. The Morgan fingerprint density at radius 1 is 0.941 bits per heavy atom. The van der Waals surface area contributed by atoms with Crippen LogP contribution < -0.4 is 0 Å². The molecule has 0 amide bonds. The molecule has 0 aromatic heterocycles. The zero-order valence-corrected chi connectivity index (χ0v) is 9.34. The first-order valence-electron chi connectivity index (χ1n) is 4.83. The van der Waals surface area contributed by atoms with Crippen LogP contribution in [0.25, 0.3) is 11.1 Å². The molecule has 0 aliphatic rings. The van der Waals surface area contributed by atoms with Crippen molar-refractivity contribution in [3.63, 3.8) is 0 Å². The Morgan fingerprint density at radius 2 is 1.53 bits per heavy atom. The van der Waals surface area contributed by atoms with Gasteiger partial charge in [0.05, 0.1) is 5.56 Å². The minimum atomic E-state index is -0.855. The van der Waals surface area contributed by atoms with E-state index in [2.05, 4.69) is 0 Å². The lowest BCUT2D eigenvalue weighted by molar-refractivity contribution is 0.107. The molecule has 0 heterocycles. The third-order valence-corrected chi connectivity index (χ3v) is 2.56. The number of halogens is 3. The van der Waals surface area contributed by atoms with Gasteiger partial charge in [0.25, 0.3) is 5.24 Å². The molecule has 0 radical (unpaired) electrons. The minimum Gasteiger partial charge on any atom is -0.275 e. The Balaban J connectivity index is 2.50. The first-order chi connectivity index (χ1) is 8.08. The van der Waals surface area contributed by atoms with Crippen LogP contribution in [0.4, 0.5) is 8.78 Å². The van der Waals surface area contributed by atoms with Crippen molar-refractivity contribution in [2.75, 3.05) is 0 Å². The minimum absolute atomic E-state index is 0.187. The molecule has 0 saturated carbocycles. The molecule has 2 aromatic rings. The van der Waals surface area contributed by atoms with E-state index in [1.54, 1.807) is 12.1 Å². The van der Waals surface area contributed by atoms with Gasteiger partial charge in [0.2, 0.25) is 0 Å². The molecule has 17 heavy (non-hydrogen) atoms. The summed E-state index contributed by atoms with van der Waals surface area (Å²) in [4.78, 5) is 11.0. The van der Waals surface area contributed by atoms with E-state index in [-0.39, 0.29) is 11.4 Å². The molecular weight excluding hydrogens is 246 g/mol. The average Bonchev–Trinajstić information content (AvgIpc) is 2.30. The number of carbonyl (C=O) groups excluding carboxylic acids is 1. The lowest BCUT2D eigenvalue weighted by Gasteiger charge is -2.04. The number of carbonyl (C=O) groups is 1. The SMILES string of the molecule is O=C(Cl)c1cc(-c2ccc(F)cc2)ccc1F. The predicted octanol–water partition coefficient (Wildman–Crippen LogP) is 4.01. The maximum atomic E-state index is 13.2. The van der Waals surface area contributed by atoms with Crippen LogP contribution in [0.2, 0.25) is 0 Å². The number of rotatable bonds is 2. The second-order valence-electron chi connectivity index (χ2n) is 3.48. The molecule has 1 nitrogen and oxygen atoms in total. The van der Waals surface area contributed by atoms with Gasteiger partial charge < -0.3 is 0 Å². The molecule has 0 saturated heterocycles. The molecule has 0 unspecified atom stereocenters. The molecule has 0 fully saturated rings. The van der Waals surface area contributed by atoms with E-state index in [4.69, 9.17) is 11.6 Å². The summed E-state index contributed by atoms with van der Waals surface area (Å²) in [5, 5.41) is -0.855. The summed E-state index contributed by atoms with van der Waals surface area (Å²) >= 11 is 5.25. The van der Waals surface area contributed by atoms with Crippen molar-refractivity contribution in [2.24, 2.45) is 0 Å². The first-order valence-corrected chi connectivity index (χ1v) is 5.21. The van der Waals surface area contributed by atoms with Crippen molar-refractivity contribution in [1.29, 1.82) is 0 Å². The predicted molar refractivity (Wildman–Crippen MR) is 62.0 cm³/mol. The van der Waals surface area contributed by atoms with Crippen LogP contribution in [0.15, 0.2) is 42.5 Å². The van der Waals surface area contributed by atoms with Gasteiger partial charge in [-0.3, -0.25) is 4.79 Å². The Labute approximate surface area is 102 Å². The van der Waals surface area contributed by atoms with Crippen molar-refractivity contribution in [3.8, 4) is 11.1 Å². The maximum Gasteiger partial charge on any atom is 0.255 e. The van der Waals surface area contributed by atoms with E-state index in [9.17, 15) is 13.6 Å². The summed E-state index contributed by atoms with van der Waals surface area (Å²) in [6, 6.07) is 9.69. The highest BCUT2D eigenvalue weighted by Crippen LogP contribution is 2.23. The molecular formula is C13H7ClF2O. The van der Waals surface area contributed by atoms with Crippen molar-refractivity contribution < 1.29 is 13.6 Å². The molecule has 4 heteroatoms. The smallest absolute Gasteiger partial charge is 0.255 e. The first kappa shape index (κ1) is 11.7. The topological polar surface area (TPSA) is 17.1 Å². The van der Waals surface area contributed by atoms with Crippen LogP contribution in [0.1, 0.15) is 10.4 Å². The van der Waals surface area contributed by atoms with E-state index in [1.807, 2.05) is 0 Å². The molecule has 0 spiro atoms. The van der Waals surface area contributed by atoms with Gasteiger partial charge in [0.15, 0.2) is 0 Å². The van der Waals surface area contributed by atoms with E-state index in [1.165, 1.54) is 24.3 Å². The number of benzene rings is 2. The number of hydrogen-bond acceptors (Lipinski definition) is 1. The molecule has 0 aliphatic heterocycles. The normalized spacial score (nSPS) is 10.3. The van der Waals surface area contributed by atoms with Crippen molar-refractivity contribution >= 4 is 16.8 Å². The van der Waals surface area contributed by atoms with Crippen LogP contribution in [0, 0.1) is 11.6 Å². The molecule has 2 rings (SSSR count). The average molecular weight is 253 g/mol. The zero-order valence-electron chi connectivity index (χ0n) is 8.58. The van der Waals surface area contributed by atoms with Gasteiger partial charge in [-0.25, -0.2) is 8.78 Å². The van der Waals surface area contributed by atoms with E-state index < -0.39 is 11.1 Å². The van der Waals surface area contributed by atoms with E-state index in [0.717, 1.165) is 6.07 Å². The van der Waals surface area contributed by atoms with Crippen molar-refractivity contribution in [1.82, 2.24) is 0 Å². The van der Waals surface area contributed by atoms with Crippen molar-refractivity contribution in [3.05, 3.63) is 59.7 Å². The Morgan fingerprint density at radius 3 is 2.12 bits per heavy atom. The van der Waals surface area contributed by atoms with E-state index in [0.29, 0.717) is 11.1 Å². The summed E-state index contributed by atoms with van der Waals surface area (Å²) < 4.78 is 26.0. The highest BCUT2D eigenvalue weighted by atomic mass is 35.5. The standard InChI is InChI=1S/C13H7ClF2O/c14-13(17)11-7-9(3-6-12(11)16)8-1-4-10(15)5-2-8/h1-7H. The molecule has 0 bridgehead atoms. The lowest BCUT2D eigenvalue weighted by atomic mass is 10.0. The molecule has 0 N–H and O–H groups in total. The third kappa shape index (κ3) is 2.50. The molecule has 86 valence electrons. The second kappa shape index (κ2) is 4.63. The van der Waals surface area contributed by atoms with Gasteiger partial charge in [-0.15, -0.1) is 0 Å². The van der Waals surface area contributed by atoms with Gasteiger partial charge in [0.1, 0.15) is 11.6 Å². The molecule has 0 atom stereocenters. The van der Waals surface area contributed by atoms with Gasteiger partial charge in [-0.05, 0) is 47.0 Å². The van der Waals surface area contributed by atoms with Gasteiger partial charge in [0, 0.05) is 0 Å². The summed E-state index contributed by atoms with van der Waals surface area (Å²) in [5.41, 5.74) is 1.11. The summed E-state index contributed by atoms with van der Waals surface area (Å²) in [5.74, 6) is -1.03. The van der Waals surface area contributed by atoms with Gasteiger partial charge in [-0.2, -0.15) is 0 Å². The van der Waals surface area contributed by atoms with Crippen LogP contribution in [-0.2, 0) is 0 Å². The largest absolute Gasteiger partial charge is 0.275 e. The van der Waals surface area contributed by atoms with Crippen LogP contribution in [-0.4, -0.2) is 5.24 Å². The summed E-state index contributed by atoms with van der Waals surface area (Å²) in [6.45, 7) is 0. The quantitative estimate of drug-likeness (QED) is 0.738. The summed E-state index contributed by atoms with van der Waals surface area (Å²) in [7, 11) is 0. The van der Waals surface area contributed by atoms with Crippen LogP contribution >= 0.6 is 11.6 Å². The Kier molecular flexibility index (Phi) is 3.20. The van der Waals surface area contributed by atoms with Gasteiger partial charge >= 0.3 is 0 Å². The fourth-order valence-electron chi connectivity index (χ4n) is 1.50. The molecule has 2 aromatic carbocycles. The highest BCUT2D eigenvalue weighted by molar-refractivity contribution is 6.67. The summed E-state index contributed by atoms with van der Waals surface area (Å²) in [6.07, 6.45) is 0.